The van der Waals surface area contributed by atoms with E-state index in [9.17, 15) is 32.7 Å². The molecule has 1 amide bonds. The number of nitrogens with zero attached hydrogens (tertiary/aromatic N) is 2. The number of carbonyl (C=O) groups excluding carboxylic acids is 1. The first-order valence-electron chi connectivity index (χ1n) is 15.1. The van der Waals surface area contributed by atoms with Gasteiger partial charge in [0, 0.05) is 32.7 Å². The molecule has 4 aromatic rings. The fourth-order valence-electron chi connectivity index (χ4n) is 5.98. The Morgan fingerprint density at radius 2 is 1.48 bits per heavy atom. The number of aromatic hydroxyl groups is 3. The summed E-state index contributed by atoms with van der Waals surface area (Å²) < 4.78 is 44.6. The molecule has 2 heterocycles. The van der Waals surface area contributed by atoms with E-state index >= 15 is 0 Å². The lowest BCUT2D eigenvalue weighted by molar-refractivity contribution is 0.0730. The molecule has 0 saturated carbocycles. The van der Waals surface area contributed by atoms with E-state index in [2.05, 4.69) is 16.9 Å². The Balaban J connectivity index is 1.18. The van der Waals surface area contributed by atoms with Crippen LogP contribution in [0.1, 0.15) is 44.6 Å². The summed E-state index contributed by atoms with van der Waals surface area (Å²) in [5.41, 5.74) is 4.39. The van der Waals surface area contributed by atoms with Gasteiger partial charge in [0.1, 0.15) is 15.9 Å². The number of benzene rings is 4. The molecule has 46 heavy (non-hydrogen) atoms. The van der Waals surface area contributed by atoms with E-state index in [1.165, 1.54) is 14.8 Å². The zero-order valence-electron chi connectivity index (χ0n) is 25.1. The zero-order valence-corrected chi connectivity index (χ0v) is 26.7. The summed E-state index contributed by atoms with van der Waals surface area (Å²) in [6, 6.07) is 23.9. The Bertz CT molecular complexity index is 1920. The van der Waals surface area contributed by atoms with Gasteiger partial charge in [0.2, 0.25) is 15.8 Å². The highest BCUT2D eigenvalue weighted by atomic mass is 32.2. The highest BCUT2D eigenvalue weighted by Crippen LogP contribution is 2.44. The van der Waals surface area contributed by atoms with Gasteiger partial charge in [0.15, 0.2) is 11.5 Å². The largest absolute Gasteiger partial charge is 0.504 e. The van der Waals surface area contributed by atoms with Gasteiger partial charge in [0.05, 0.1) is 10.5 Å². The normalized spacial score (nSPS) is 15.6. The first-order valence-corrected chi connectivity index (χ1v) is 17.7. The minimum atomic E-state index is -4.35. The van der Waals surface area contributed by atoms with Gasteiger partial charge < -0.3 is 20.2 Å². The summed E-state index contributed by atoms with van der Waals surface area (Å²) in [5, 5.41) is 31.9. The van der Waals surface area contributed by atoms with Gasteiger partial charge in [-0.2, -0.15) is 4.31 Å². The van der Waals surface area contributed by atoms with E-state index < -0.39 is 54.6 Å². The number of amides is 1. The van der Waals surface area contributed by atoms with Gasteiger partial charge in [-0.05, 0) is 71.7 Å². The number of fused-ring (bicyclic) bond motifs is 2. The number of hydrogen-bond donors (Lipinski definition) is 4. The molecular formula is C34H35N3O7S2. The molecule has 0 radical (unpaired) electrons. The number of rotatable bonds is 9. The second-order valence-corrected chi connectivity index (χ2v) is 14.7. The van der Waals surface area contributed by atoms with Gasteiger partial charge in [-0.1, -0.05) is 60.7 Å². The van der Waals surface area contributed by atoms with Crippen molar-refractivity contribution in [3.05, 3.63) is 112 Å². The molecule has 1 unspecified atom stereocenters. The molecule has 4 aromatic carbocycles. The van der Waals surface area contributed by atoms with Crippen LogP contribution < -0.4 is 4.72 Å². The maximum atomic E-state index is 13.7. The van der Waals surface area contributed by atoms with Crippen molar-refractivity contribution in [1.29, 1.82) is 0 Å². The second-order valence-electron chi connectivity index (χ2n) is 11.5. The first-order chi connectivity index (χ1) is 22.1. The van der Waals surface area contributed by atoms with Crippen LogP contribution in [0.3, 0.4) is 0 Å². The second kappa shape index (κ2) is 13.2. The van der Waals surface area contributed by atoms with E-state index in [-0.39, 0.29) is 26.2 Å². The molecule has 0 saturated heterocycles. The van der Waals surface area contributed by atoms with Crippen LogP contribution in [0.5, 0.6) is 17.2 Å². The van der Waals surface area contributed by atoms with Crippen LogP contribution in [0.25, 0.3) is 0 Å². The summed E-state index contributed by atoms with van der Waals surface area (Å²) >= 11 is 0. The molecule has 0 aromatic heterocycles. The molecule has 6 rings (SSSR count). The van der Waals surface area contributed by atoms with Crippen LogP contribution in [0.15, 0.2) is 88.7 Å². The Hall–Kier alpha value is -4.23. The molecule has 12 heteroatoms. The topological polar surface area (TPSA) is 147 Å². The Morgan fingerprint density at radius 1 is 0.783 bits per heavy atom. The molecule has 2 aliphatic rings. The molecular weight excluding hydrogens is 627 g/mol. The van der Waals surface area contributed by atoms with Gasteiger partial charge in [-0.3, -0.25) is 4.79 Å². The van der Waals surface area contributed by atoms with Gasteiger partial charge in [-0.25, -0.2) is 17.3 Å². The van der Waals surface area contributed by atoms with Crippen LogP contribution in [0.2, 0.25) is 0 Å². The summed E-state index contributed by atoms with van der Waals surface area (Å²) in [7, 11) is -5.81. The number of carbonyl (C=O) groups is 1. The number of aryl methyl sites for hydroxylation is 1. The lowest BCUT2D eigenvalue weighted by Gasteiger charge is -2.30. The first kappa shape index (κ1) is 31.7. The molecule has 0 bridgehead atoms. The van der Waals surface area contributed by atoms with E-state index in [0.717, 1.165) is 41.2 Å². The number of nitrogens with one attached hydrogen (secondary N) is 1. The van der Waals surface area contributed by atoms with E-state index in [1.807, 2.05) is 48.5 Å². The average Bonchev–Trinajstić information content (AvgIpc) is 3.08. The number of phenolic OH excluding ortho intramolecular Hbond substituents is 3. The van der Waals surface area contributed by atoms with Crippen molar-refractivity contribution in [1.82, 2.24) is 13.9 Å². The molecule has 10 nitrogen and oxygen atoms in total. The Labute approximate surface area is 270 Å². The van der Waals surface area contributed by atoms with Crippen molar-refractivity contribution in [2.75, 3.05) is 19.6 Å². The van der Waals surface area contributed by atoms with Crippen LogP contribution >= 0.6 is 0 Å². The number of hydrogen-bond acceptors (Lipinski definition) is 7. The SMILES string of the molecule is O=C(c1cc(S(=O)(=O)N2CCc3ccccc3C2)c(O)c(O)c1O)N1CCc2ccc(S(=O)NCCCc3ccccc3)cc2C1. The number of phenols is 3. The predicted molar refractivity (Wildman–Crippen MR) is 173 cm³/mol. The lowest BCUT2D eigenvalue weighted by atomic mass is 9.99. The van der Waals surface area contributed by atoms with Crippen LogP contribution in [0.4, 0.5) is 0 Å². The molecule has 240 valence electrons. The molecule has 0 spiro atoms. The van der Waals surface area contributed by atoms with Crippen molar-refractivity contribution in [3.8, 4) is 17.2 Å². The summed E-state index contributed by atoms with van der Waals surface area (Å²) in [4.78, 5) is 15.1. The number of sulfonamides is 1. The smallest absolute Gasteiger partial charge is 0.258 e. The Kier molecular flexibility index (Phi) is 9.14. The summed E-state index contributed by atoms with van der Waals surface area (Å²) in [5.74, 6) is -3.69. The quantitative estimate of drug-likeness (QED) is 0.157. The third-order valence-corrected chi connectivity index (χ3v) is 11.6. The van der Waals surface area contributed by atoms with Crippen molar-refractivity contribution in [2.45, 2.75) is 48.6 Å². The van der Waals surface area contributed by atoms with Gasteiger partial charge in [0.25, 0.3) is 5.91 Å². The van der Waals surface area contributed by atoms with Crippen molar-refractivity contribution in [2.24, 2.45) is 0 Å². The molecule has 1 atom stereocenters. The van der Waals surface area contributed by atoms with Gasteiger partial charge >= 0.3 is 0 Å². The predicted octanol–water partition coefficient (Wildman–Crippen LogP) is 3.99. The highest BCUT2D eigenvalue weighted by molar-refractivity contribution is 7.89. The van der Waals surface area contributed by atoms with Crippen LogP contribution in [-0.4, -0.2) is 62.7 Å². The van der Waals surface area contributed by atoms with Crippen LogP contribution in [-0.2, 0) is 53.4 Å². The summed E-state index contributed by atoms with van der Waals surface area (Å²) in [6.45, 7) is 1.18. The van der Waals surface area contributed by atoms with Crippen molar-refractivity contribution in [3.63, 3.8) is 0 Å². The monoisotopic (exact) mass is 661 g/mol. The maximum Gasteiger partial charge on any atom is 0.258 e. The fourth-order valence-corrected chi connectivity index (χ4v) is 8.44. The maximum absolute atomic E-state index is 13.7. The fraction of sp³-hybridized carbons (Fsp3) is 0.265. The molecule has 0 fully saturated rings. The van der Waals surface area contributed by atoms with E-state index in [1.54, 1.807) is 12.1 Å². The third-order valence-electron chi connectivity index (χ3n) is 8.57. The minimum absolute atomic E-state index is 0.0668. The molecule has 2 aliphatic heterocycles. The minimum Gasteiger partial charge on any atom is -0.504 e. The lowest BCUT2D eigenvalue weighted by Crippen LogP contribution is -2.37. The van der Waals surface area contributed by atoms with Crippen molar-refractivity contribution < 1.29 is 32.7 Å². The molecule has 0 aliphatic carbocycles. The average molecular weight is 662 g/mol. The van der Waals surface area contributed by atoms with Gasteiger partial charge in [-0.15, -0.1) is 0 Å². The van der Waals surface area contributed by atoms with E-state index in [4.69, 9.17) is 0 Å². The van der Waals surface area contributed by atoms with Crippen LogP contribution in [0, 0.1) is 0 Å². The molecule has 4 N–H and O–H groups in total. The van der Waals surface area contributed by atoms with E-state index in [0.29, 0.717) is 24.3 Å². The van der Waals surface area contributed by atoms with Crippen molar-refractivity contribution >= 4 is 26.9 Å². The summed E-state index contributed by atoms with van der Waals surface area (Å²) in [6.07, 6.45) is 2.63. The zero-order chi connectivity index (χ0) is 32.4. The standard InChI is InChI=1S/C34H35N3O7S2/c38-31-29(20-30(32(39)33(31)40)46(43,44)37-18-15-24-10-4-5-11-26(24)22-37)34(41)36-17-14-25-12-13-28(19-27(25)21-36)45(42)35-16-6-9-23-7-2-1-3-8-23/h1-5,7-8,10-13,19-20,35,38-40H,6,9,14-18,21-22H2. The highest BCUT2D eigenvalue weighted by Gasteiger charge is 2.35. The Morgan fingerprint density at radius 3 is 2.26 bits per heavy atom. The third kappa shape index (κ3) is 6.38.